The van der Waals surface area contributed by atoms with E-state index in [-0.39, 0.29) is 24.6 Å². The van der Waals surface area contributed by atoms with Crippen LogP contribution >= 0.6 is 0 Å². The number of anilines is 1. The van der Waals surface area contributed by atoms with Crippen molar-refractivity contribution in [3.8, 4) is 11.5 Å². The summed E-state index contributed by atoms with van der Waals surface area (Å²) in [5.74, 6) is 0.839. The van der Waals surface area contributed by atoms with Crippen molar-refractivity contribution in [3.05, 3.63) is 89.2 Å². The zero-order chi connectivity index (χ0) is 21.8. The zero-order valence-electron chi connectivity index (χ0n) is 17.6. The van der Waals surface area contributed by atoms with Crippen molar-refractivity contribution in [2.45, 2.75) is 32.4 Å². The average molecular weight is 421 g/mol. The van der Waals surface area contributed by atoms with Gasteiger partial charge in [0.15, 0.2) is 17.5 Å². The first kappa shape index (κ1) is 20.9. The number of quaternary nitrogens is 1. The normalized spacial score (nSPS) is 14.2. The molecule has 1 aliphatic rings. The summed E-state index contributed by atoms with van der Waals surface area (Å²) in [6, 6.07) is 19.5. The molecule has 0 unspecified atom stereocenters. The lowest BCUT2D eigenvalue weighted by molar-refractivity contribution is -0.704. The predicted molar refractivity (Wildman–Crippen MR) is 117 cm³/mol. The monoisotopic (exact) mass is 421 g/mol. The van der Waals surface area contributed by atoms with Gasteiger partial charge in [-0.25, -0.2) is 4.39 Å². The first-order chi connectivity index (χ1) is 15.0. The number of ether oxygens (including phenoxy) is 2. The molecule has 6 heteroatoms. The maximum Gasteiger partial charge on any atom is 0.282 e. The van der Waals surface area contributed by atoms with Gasteiger partial charge in [0.05, 0.1) is 0 Å². The van der Waals surface area contributed by atoms with E-state index in [0.717, 1.165) is 17.5 Å². The third kappa shape index (κ3) is 4.86. The van der Waals surface area contributed by atoms with Gasteiger partial charge < -0.3 is 20.1 Å². The summed E-state index contributed by atoms with van der Waals surface area (Å²) in [7, 11) is 0. The molecule has 1 heterocycles. The lowest BCUT2D eigenvalue weighted by Crippen LogP contribution is -2.92. The van der Waals surface area contributed by atoms with Gasteiger partial charge in [-0.1, -0.05) is 43.3 Å². The number of rotatable bonds is 7. The summed E-state index contributed by atoms with van der Waals surface area (Å²) in [5, 5.41) is 4.89. The zero-order valence-corrected chi connectivity index (χ0v) is 17.6. The molecule has 0 aliphatic carbocycles. The van der Waals surface area contributed by atoms with Crippen LogP contribution in [0.4, 0.5) is 10.1 Å². The molecule has 5 nitrogen and oxygen atoms in total. The van der Waals surface area contributed by atoms with Gasteiger partial charge in [0.2, 0.25) is 6.79 Å². The van der Waals surface area contributed by atoms with Crippen molar-refractivity contribution >= 4 is 11.6 Å². The molecule has 0 aromatic heterocycles. The van der Waals surface area contributed by atoms with E-state index >= 15 is 0 Å². The first-order valence-corrected chi connectivity index (χ1v) is 10.4. The highest BCUT2D eigenvalue weighted by Crippen LogP contribution is 2.34. The van der Waals surface area contributed by atoms with Crippen LogP contribution in [-0.4, -0.2) is 18.7 Å². The van der Waals surface area contributed by atoms with Crippen LogP contribution in [0.5, 0.6) is 11.5 Å². The van der Waals surface area contributed by atoms with Gasteiger partial charge in [-0.3, -0.25) is 4.79 Å². The van der Waals surface area contributed by atoms with Gasteiger partial charge >= 0.3 is 0 Å². The first-order valence-electron chi connectivity index (χ1n) is 10.4. The van der Waals surface area contributed by atoms with E-state index in [1.807, 2.05) is 30.4 Å². The second kappa shape index (κ2) is 9.18. The van der Waals surface area contributed by atoms with Gasteiger partial charge in [0.1, 0.15) is 11.9 Å². The van der Waals surface area contributed by atoms with Gasteiger partial charge in [-0.15, -0.1) is 0 Å². The Labute approximate surface area is 181 Å². The molecule has 0 radical (unpaired) electrons. The summed E-state index contributed by atoms with van der Waals surface area (Å²) in [6.45, 7) is 4.13. The van der Waals surface area contributed by atoms with Crippen LogP contribution in [0.2, 0.25) is 0 Å². The van der Waals surface area contributed by atoms with Crippen LogP contribution in [0.25, 0.3) is 0 Å². The SMILES string of the molecule is CCc1ccc([C@H]([NH2+][C@H](C)C(=O)Nc2ccc3c(c2)OCO3)c2cccc(F)c2)cc1. The molecule has 0 saturated heterocycles. The molecule has 4 rings (SSSR count). The number of hydrogen-bond acceptors (Lipinski definition) is 3. The molecule has 0 fully saturated rings. The summed E-state index contributed by atoms with van der Waals surface area (Å²) in [4.78, 5) is 12.9. The van der Waals surface area contributed by atoms with E-state index in [9.17, 15) is 9.18 Å². The molecule has 3 aromatic carbocycles. The van der Waals surface area contributed by atoms with Crippen molar-refractivity contribution in [3.63, 3.8) is 0 Å². The largest absolute Gasteiger partial charge is 0.454 e. The number of carbonyl (C=O) groups is 1. The number of hydrogen-bond donors (Lipinski definition) is 2. The Hall–Kier alpha value is -3.38. The number of benzene rings is 3. The van der Waals surface area contributed by atoms with Gasteiger partial charge in [0, 0.05) is 22.9 Å². The van der Waals surface area contributed by atoms with Crippen LogP contribution in [0, 0.1) is 5.82 Å². The predicted octanol–water partition coefficient (Wildman–Crippen LogP) is 3.80. The fourth-order valence-corrected chi connectivity index (χ4v) is 3.68. The summed E-state index contributed by atoms with van der Waals surface area (Å²) < 4.78 is 24.6. The highest BCUT2D eigenvalue weighted by atomic mass is 19.1. The topological polar surface area (TPSA) is 64.2 Å². The van der Waals surface area contributed by atoms with Crippen molar-refractivity contribution in [2.24, 2.45) is 0 Å². The van der Waals surface area contributed by atoms with Crippen LogP contribution in [0.1, 0.15) is 36.6 Å². The summed E-state index contributed by atoms with van der Waals surface area (Å²) in [5.41, 5.74) is 3.71. The third-order valence-corrected chi connectivity index (χ3v) is 5.49. The third-order valence-electron chi connectivity index (χ3n) is 5.49. The Morgan fingerprint density at radius 1 is 1.03 bits per heavy atom. The Kier molecular flexibility index (Phi) is 6.18. The summed E-state index contributed by atoms with van der Waals surface area (Å²) >= 11 is 0. The van der Waals surface area contributed by atoms with Crippen LogP contribution in [0.3, 0.4) is 0 Å². The highest BCUT2D eigenvalue weighted by molar-refractivity contribution is 5.93. The highest BCUT2D eigenvalue weighted by Gasteiger charge is 2.26. The van der Waals surface area contributed by atoms with E-state index in [1.54, 1.807) is 24.3 Å². The molecule has 2 atom stereocenters. The number of carbonyl (C=O) groups excluding carboxylic acids is 1. The molecule has 0 bridgehead atoms. The second-order valence-corrected chi connectivity index (χ2v) is 7.67. The molecule has 1 aliphatic heterocycles. The lowest BCUT2D eigenvalue weighted by atomic mass is 9.96. The second-order valence-electron chi connectivity index (χ2n) is 7.67. The lowest BCUT2D eigenvalue weighted by Gasteiger charge is -2.21. The summed E-state index contributed by atoms with van der Waals surface area (Å²) in [6.07, 6.45) is 0.947. The van der Waals surface area contributed by atoms with Crippen LogP contribution in [0.15, 0.2) is 66.7 Å². The Bertz CT molecular complexity index is 1070. The maximum absolute atomic E-state index is 13.9. The minimum absolute atomic E-state index is 0.148. The standard InChI is InChI=1S/C25H25FN2O3/c1-3-17-7-9-18(10-8-17)24(19-5-4-6-20(26)13-19)27-16(2)25(29)28-21-11-12-22-23(14-21)31-15-30-22/h4-14,16,24,27H,3,15H2,1-2H3,(H,28,29)/p+1/t16-,24+/m1/s1. The minimum atomic E-state index is -0.412. The fourth-order valence-electron chi connectivity index (χ4n) is 3.68. The number of nitrogens with two attached hydrogens (primary N) is 1. The number of amides is 1. The average Bonchev–Trinajstić information content (AvgIpc) is 3.25. The Morgan fingerprint density at radius 2 is 1.81 bits per heavy atom. The van der Waals surface area contributed by atoms with Gasteiger partial charge in [-0.05, 0) is 43.2 Å². The van der Waals surface area contributed by atoms with E-state index in [0.29, 0.717) is 17.2 Å². The molecule has 160 valence electrons. The smallest absolute Gasteiger partial charge is 0.282 e. The number of aryl methyl sites for hydroxylation is 1. The molecule has 0 saturated carbocycles. The molecule has 31 heavy (non-hydrogen) atoms. The van der Waals surface area contributed by atoms with E-state index in [4.69, 9.17) is 9.47 Å². The Morgan fingerprint density at radius 3 is 2.55 bits per heavy atom. The van der Waals surface area contributed by atoms with Gasteiger partial charge in [-0.2, -0.15) is 0 Å². The van der Waals surface area contributed by atoms with Crippen molar-refractivity contribution in [1.82, 2.24) is 0 Å². The molecule has 1 amide bonds. The van der Waals surface area contributed by atoms with E-state index in [1.165, 1.54) is 17.7 Å². The van der Waals surface area contributed by atoms with Crippen LogP contribution < -0.4 is 20.1 Å². The molecule has 3 aromatic rings. The minimum Gasteiger partial charge on any atom is -0.454 e. The number of fused-ring (bicyclic) bond motifs is 1. The van der Waals surface area contributed by atoms with E-state index in [2.05, 4.69) is 24.4 Å². The Balaban J connectivity index is 1.53. The molecule has 3 N–H and O–H groups in total. The molecule has 0 spiro atoms. The molecular formula is C25H26FN2O3+. The van der Waals surface area contributed by atoms with Crippen LogP contribution in [-0.2, 0) is 11.2 Å². The number of nitrogens with one attached hydrogen (secondary N) is 1. The fraction of sp³-hybridized carbons (Fsp3) is 0.240. The number of halogens is 1. The van der Waals surface area contributed by atoms with Gasteiger partial charge in [0.25, 0.3) is 5.91 Å². The van der Waals surface area contributed by atoms with Crippen molar-refractivity contribution in [1.29, 1.82) is 0 Å². The maximum atomic E-state index is 13.9. The van der Waals surface area contributed by atoms with E-state index < -0.39 is 6.04 Å². The van der Waals surface area contributed by atoms with Crippen molar-refractivity contribution in [2.75, 3.05) is 12.1 Å². The quantitative estimate of drug-likeness (QED) is 0.610. The molecular weight excluding hydrogens is 395 g/mol. The van der Waals surface area contributed by atoms with Crippen molar-refractivity contribution < 1.29 is 24.0 Å².